The zero-order chi connectivity index (χ0) is 12.1. The van der Waals surface area contributed by atoms with Gasteiger partial charge in [-0.1, -0.05) is 0 Å². The van der Waals surface area contributed by atoms with Gasteiger partial charge in [0.1, 0.15) is 5.75 Å². The number of aromatic nitrogens is 1. The fourth-order valence-corrected chi connectivity index (χ4v) is 1.64. The van der Waals surface area contributed by atoms with Crippen LogP contribution in [0.4, 0.5) is 0 Å². The Kier molecular flexibility index (Phi) is 3.89. The van der Waals surface area contributed by atoms with Gasteiger partial charge in [0.15, 0.2) is 0 Å². The first-order chi connectivity index (χ1) is 8.27. The number of carbonyl (C=O) groups excluding carboxylic acids is 1. The van der Waals surface area contributed by atoms with Crippen molar-refractivity contribution in [3.8, 4) is 5.75 Å². The molecule has 1 fully saturated rings. The molecular formula is C11H15N3O3. The van der Waals surface area contributed by atoms with Crippen LogP contribution in [0.15, 0.2) is 18.5 Å². The van der Waals surface area contributed by atoms with Crippen LogP contribution in [0.2, 0.25) is 0 Å². The van der Waals surface area contributed by atoms with Crippen LogP contribution in [0.3, 0.4) is 0 Å². The van der Waals surface area contributed by atoms with Crippen molar-refractivity contribution in [3.05, 3.63) is 24.0 Å². The summed E-state index contributed by atoms with van der Waals surface area (Å²) in [4.78, 5) is 15.5. The van der Waals surface area contributed by atoms with Gasteiger partial charge in [-0.25, -0.2) is 0 Å². The maximum atomic E-state index is 11.7. The fraction of sp³-hybridized carbons (Fsp3) is 0.455. The van der Waals surface area contributed by atoms with E-state index in [0.29, 0.717) is 19.8 Å². The Bertz CT molecular complexity index is 391. The van der Waals surface area contributed by atoms with Gasteiger partial charge in [-0.15, -0.1) is 0 Å². The standard InChI is InChI=1S/C11H15N3O3/c15-10-6-12-2-1-9(10)11(16)14-5-8-7-17-4-3-13-8/h1-2,6,8,13,15H,3-5,7H2,(H,14,16). The van der Waals surface area contributed by atoms with Crippen LogP contribution in [-0.2, 0) is 4.74 Å². The molecule has 1 aromatic heterocycles. The van der Waals surface area contributed by atoms with Crippen molar-refractivity contribution in [1.29, 1.82) is 0 Å². The molecule has 6 nitrogen and oxygen atoms in total. The summed E-state index contributed by atoms with van der Waals surface area (Å²) in [7, 11) is 0. The first kappa shape index (κ1) is 11.8. The van der Waals surface area contributed by atoms with Crippen LogP contribution < -0.4 is 10.6 Å². The van der Waals surface area contributed by atoms with Crippen molar-refractivity contribution in [2.75, 3.05) is 26.3 Å². The summed E-state index contributed by atoms with van der Waals surface area (Å²) in [5.41, 5.74) is 0.233. The maximum absolute atomic E-state index is 11.7. The topological polar surface area (TPSA) is 83.5 Å². The third kappa shape index (κ3) is 3.15. The molecule has 1 saturated heterocycles. The fourth-order valence-electron chi connectivity index (χ4n) is 1.64. The highest BCUT2D eigenvalue weighted by molar-refractivity contribution is 5.96. The van der Waals surface area contributed by atoms with Gasteiger partial charge in [-0.05, 0) is 6.07 Å². The van der Waals surface area contributed by atoms with Crippen LogP contribution in [0.5, 0.6) is 5.75 Å². The number of ether oxygens (including phenoxy) is 1. The summed E-state index contributed by atoms with van der Waals surface area (Å²) >= 11 is 0. The summed E-state index contributed by atoms with van der Waals surface area (Å²) in [6.07, 6.45) is 2.72. The Morgan fingerprint density at radius 1 is 1.71 bits per heavy atom. The third-order valence-corrected chi connectivity index (χ3v) is 2.55. The van der Waals surface area contributed by atoms with E-state index in [-0.39, 0.29) is 23.3 Å². The first-order valence-corrected chi connectivity index (χ1v) is 5.49. The summed E-state index contributed by atoms with van der Waals surface area (Å²) in [6, 6.07) is 1.60. The zero-order valence-corrected chi connectivity index (χ0v) is 9.35. The minimum atomic E-state index is -0.308. The highest BCUT2D eigenvalue weighted by atomic mass is 16.5. The van der Waals surface area contributed by atoms with Gasteiger partial charge in [0.05, 0.1) is 25.0 Å². The van der Waals surface area contributed by atoms with Crippen molar-refractivity contribution in [2.45, 2.75) is 6.04 Å². The molecule has 1 unspecified atom stereocenters. The average molecular weight is 237 g/mol. The van der Waals surface area contributed by atoms with E-state index in [1.54, 1.807) is 0 Å². The van der Waals surface area contributed by atoms with Gasteiger partial charge in [-0.3, -0.25) is 9.78 Å². The molecule has 1 atom stereocenters. The summed E-state index contributed by atoms with van der Waals surface area (Å²) in [6.45, 7) is 2.56. The summed E-state index contributed by atoms with van der Waals surface area (Å²) in [5, 5.41) is 15.4. The maximum Gasteiger partial charge on any atom is 0.255 e. The number of aromatic hydroxyl groups is 1. The molecule has 3 N–H and O–H groups in total. The monoisotopic (exact) mass is 237 g/mol. The lowest BCUT2D eigenvalue weighted by molar-refractivity contribution is 0.0734. The normalized spacial score (nSPS) is 19.9. The molecule has 1 aliphatic rings. The van der Waals surface area contributed by atoms with Crippen molar-refractivity contribution in [1.82, 2.24) is 15.6 Å². The summed E-state index contributed by atoms with van der Waals surface area (Å²) in [5.74, 6) is -0.421. The number of rotatable bonds is 3. The van der Waals surface area contributed by atoms with Crippen molar-refractivity contribution in [3.63, 3.8) is 0 Å². The van der Waals surface area contributed by atoms with Gasteiger partial charge in [0, 0.05) is 25.3 Å². The number of nitrogens with one attached hydrogen (secondary N) is 2. The lowest BCUT2D eigenvalue weighted by Gasteiger charge is -2.23. The minimum absolute atomic E-state index is 0.113. The van der Waals surface area contributed by atoms with E-state index in [1.807, 2.05) is 0 Å². The molecule has 2 rings (SSSR count). The highest BCUT2D eigenvalue weighted by Gasteiger charge is 2.15. The number of hydrogen-bond donors (Lipinski definition) is 3. The lowest BCUT2D eigenvalue weighted by atomic mass is 10.2. The van der Waals surface area contributed by atoms with Crippen LogP contribution in [0, 0.1) is 0 Å². The Labute approximate surface area is 99.0 Å². The highest BCUT2D eigenvalue weighted by Crippen LogP contribution is 2.13. The molecule has 0 aromatic carbocycles. The Morgan fingerprint density at radius 3 is 3.29 bits per heavy atom. The molecule has 1 aromatic rings. The van der Waals surface area contributed by atoms with E-state index < -0.39 is 0 Å². The number of morpholine rings is 1. The molecule has 0 spiro atoms. The first-order valence-electron chi connectivity index (χ1n) is 5.49. The zero-order valence-electron chi connectivity index (χ0n) is 9.35. The van der Waals surface area contributed by atoms with Gasteiger partial charge < -0.3 is 20.5 Å². The van der Waals surface area contributed by atoms with Crippen LogP contribution >= 0.6 is 0 Å². The van der Waals surface area contributed by atoms with Gasteiger partial charge in [-0.2, -0.15) is 0 Å². The molecular weight excluding hydrogens is 222 g/mol. The van der Waals surface area contributed by atoms with E-state index in [4.69, 9.17) is 4.74 Å². The Morgan fingerprint density at radius 2 is 2.59 bits per heavy atom. The number of nitrogens with zero attached hydrogens (tertiary/aromatic N) is 1. The second kappa shape index (κ2) is 5.60. The largest absolute Gasteiger partial charge is 0.505 e. The van der Waals surface area contributed by atoms with Crippen LogP contribution in [-0.4, -0.2) is 48.3 Å². The molecule has 6 heteroatoms. The molecule has 0 saturated carbocycles. The quantitative estimate of drug-likeness (QED) is 0.660. The molecule has 0 bridgehead atoms. The number of pyridine rings is 1. The predicted molar refractivity (Wildman–Crippen MR) is 60.8 cm³/mol. The Hall–Kier alpha value is -1.66. The van der Waals surface area contributed by atoms with Gasteiger partial charge in [0.2, 0.25) is 0 Å². The van der Waals surface area contributed by atoms with Crippen molar-refractivity contribution < 1.29 is 14.6 Å². The second-order valence-corrected chi connectivity index (χ2v) is 3.83. The van der Waals surface area contributed by atoms with E-state index in [9.17, 15) is 9.90 Å². The van der Waals surface area contributed by atoms with Crippen molar-refractivity contribution >= 4 is 5.91 Å². The van der Waals surface area contributed by atoms with E-state index >= 15 is 0 Å². The molecule has 0 radical (unpaired) electrons. The van der Waals surface area contributed by atoms with Crippen LogP contribution in [0.25, 0.3) is 0 Å². The lowest BCUT2D eigenvalue weighted by Crippen LogP contribution is -2.48. The summed E-state index contributed by atoms with van der Waals surface area (Å²) < 4.78 is 5.27. The number of hydrogen-bond acceptors (Lipinski definition) is 5. The molecule has 17 heavy (non-hydrogen) atoms. The molecule has 2 heterocycles. The number of carbonyl (C=O) groups is 1. The van der Waals surface area contributed by atoms with Gasteiger partial charge >= 0.3 is 0 Å². The third-order valence-electron chi connectivity index (χ3n) is 2.55. The molecule has 1 aliphatic heterocycles. The molecule has 1 amide bonds. The SMILES string of the molecule is O=C(NCC1COCCN1)c1ccncc1O. The molecule has 92 valence electrons. The Balaban J connectivity index is 1.87. The second-order valence-electron chi connectivity index (χ2n) is 3.83. The van der Waals surface area contributed by atoms with E-state index in [1.165, 1.54) is 18.5 Å². The molecule has 0 aliphatic carbocycles. The van der Waals surface area contributed by atoms with Crippen LogP contribution in [0.1, 0.15) is 10.4 Å². The van der Waals surface area contributed by atoms with Gasteiger partial charge in [0.25, 0.3) is 5.91 Å². The van der Waals surface area contributed by atoms with E-state index in [2.05, 4.69) is 15.6 Å². The minimum Gasteiger partial charge on any atom is -0.505 e. The smallest absolute Gasteiger partial charge is 0.255 e. The average Bonchev–Trinajstić information content (AvgIpc) is 2.38. The predicted octanol–water partition coefficient (Wildman–Crippen LogP) is -0.495. The van der Waals surface area contributed by atoms with E-state index in [0.717, 1.165) is 6.54 Å². The number of amides is 1. The van der Waals surface area contributed by atoms with Crippen molar-refractivity contribution in [2.24, 2.45) is 0 Å².